The van der Waals surface area contributed by atoms with E-state index in [0.29, 0.717) is 6.61 Å². The molecule has 0 radical (unpaired) electrons. The Morgan fingerprint density at radius 2 is 1.81 bits per heavy atom. The van der Waals surface area contributed by atoms with Crippen LogP contribution in [0.3, 0.4) is 0 Å². The molecule has 3 unspecified atom stereocenters. The number of nitrogens with one attached hydrogen (secondary N) is 2. The van der Waals surface area contributed by atoms with E-state index in [1.54, 1.807) is 11.1 Å². The molecule has 0 saturated carbocycles. The normalized spacial score (nSPS) is 19.2. The topological polar surface area (TPSA) is 112 Å². The molecule has 242 valence electrons. The number of aromatic nitrogens is 2. The van der Waals surface area contributed by atoms with Crippen LogP contribution in [0.15, 0.2) is 30.5 Å². The van der Waals surface area contributed by atoms with E-state index in [0.717, 1.165) is 61.8 Å². The molecular formula is C33H56N6O4. The summed E-state index contributed by atoms with van der Waals surface area (Å²) in [5.41, 5.74) is 2.87. The molecule has 3 heterocycles. The van der Waals surface area contributed by atoms with Crippen molar-refractivity contribution in [1.29, 1.82) is 0 Å². The summed E-state index contributed by atoms with van der Waals surface area (Å²) in [6.07, 6.45) is 1.34. The standard InChI is InChI=1S/C29H44N6O4.2C2H6/c1-5-35-25(8-9-32-35)22-6-7-23(27(16-22)39-15-14-33-12-10-30-11-13-33)18-31-28(37)26-17-24(36)19-34(26)29(38)21(4)20(2)3;2*1-2/h6-9,16,20-21,24,26,30,36H,5,10-15,17-19H2,1-4H3,(H,31,37);2*1-2H3. The summed E-state index contributed by atoms with van der Waals surface area (Å²) >= 11 is 0. The number of ether oxygens (including phenoxy) is 1. The molecule has 2 saturated heterocycles. The van der Waals surface area contributed by atoms with Gasteiger partial charge in [-0.1, -0.05) is 60.6 Å². The maximum Gasteiger partial charge on any atom is 0.243 e. The second-order valence-electron chi connectivity index (χ2n) is 10.9. The number of carbonyl (C=O) groups excluding carboxylic acids is 2. The monoisotopic (exact) mass is 600 g/mol. The van der Waals surface area contributed by atoms with Crippen LogP contribution in [0.4, 0.5) is 0 Å². The van der Waals surface area contributed by atoms with Gasteiger partial charge < -0.3 is 25.4 Å². The molecule has 3 atom stereocenters. The largest absolute Gasteiger partial charge is 0.492 e. The van der Waals surface area contributed by atoms with Gasteiger partial charge in [0, 0.05) is 82.0 Å². The number of carbonyl (C=O) groups is 2. The number of amides is 2. The number of aliphatic hydroxyl groups is 1. The Hall–Kier alpha value is -2.95. The Labute approximate surface area is 259 Å². The van der Waals surface area contributed by atoms with Crippen molar-refractivity contribution in [2.45, 2.75) is 87.0 Å². The van der Waals surface area contributed by atoms with Crippen molar-refractivity contribution >= 4 is 11.8 Å². The minimum Gasteiger partial charge on any atom is -0.492 e. The molecule has 1 aromatic carbocycles. The summed E-state index contributed by atoms with van der Waals surface area (Å²) < 4.78 is 8.24. The Bertz CT molecular complexity index is 1110. The first-order chi connectivity index (χ1) is 20.8. The maximum atomic E-state index is 13.3. The van der Waals surface area contributed by atoms with Crippen molar-refractivity contribution in [3.8, 4) is 17.0 Å². The van der Waals surface area contributed by atoms with Gasteiger partial charge in [0.1, 0.15) is 18.4 Å². The number of β-amino-alcohol motifs (C(OH)–C–C–N with tert-alkyl or cyclic N) is 1. The third kappa shape index (κ3) is 10.0. The van der Waals surface area contributed by atoms with E-state index >= 15 is 0 Å². The molecule has 2 aliphatic rings. The summed E-state index contributed by atoms with van der Waals surface area (Å²) in [5, 5.41) is 21.1. The van der Waals surface area contributed by atoms with Crippen molar-refractivity contribution in [2.24, 2.45) is 11.8 Å². The van der Waals surface area contributed by atoms with Crippen molar-refractivity contribution < 1.29 is 19.4 Å². The zero-order valence-electron chi connectivity index (χ0n) is 27.7. The van der Waals surface area contributed by atoms with Crippen molar-refractivity contribution in [2.75, 3.05) is 45.9 Å². The molecule has 0 bridgehead atoms. The maximum absolute atomic E-state index is 13.3. The minimum absolute atomic E-state index is 0.0875. The van der Waals surface area contributed by atoms with Crippen LogP contribution in [0.25, 0.3) is 11.3 Å². The number of hydrogen-bond donors (Lipinski definition) is 3. The lowest BCUT2D eigenvalue weighted by molar-refractivity contribution is -0.142. The van der Waals surface area contributed by atoms with Gasteiger partial charge in [-0.25, -0.2) is 0 Å². The van der Waals surface area contributed by atoms with Gasteiger partial charge in [0.05, 0.1) is 11.8 Å². The van der Waals surface area contributed by atoms with Crippen molar-refractivity contribution in [3.63, 3.8) is 0 Å². The highest BCUT2D eigenvalue weighted by atomic mass is 16.5. The number of benzene rings is 1. The second-order valence-corrected chi connectivity index (χ2v) is 10.9. The molecule has 2 aliphatic heterocycles. The molecule has 10 heteroatoms. The smallest absolute Gasteiger partial charge is 0.243 e. The van der Waals surface area contributed by atoms with Gasteiger partial charge in [-0.05, 0) is 25.0 Å². The summed E-state index contributed by atoms with van der Waals surface area (Å²) in [7, 11) is 0. The second kappa shape index (κ2) is 18.7. The third-order valence-electron chi connectivity index (χ3n) is 7.96. The van der Waals surface area contributed by atoms with Gasteiger partial charge in [-0.15, -0.1) is 0 Å². The molecular weight excluding hydrogens is 544 g/mol. The zero-order chi connectivity index (χ0) is 31.9. The zero-order valence-corrected chi connectivity index (χ0v) is 27.7. The summed E-state index contributed by atoms with van der Waals surface area (Å²) in [6, 6.07) is 7.33. The Kier molecular flexibility index (Phi) is 15.7. The number of hydrogen-bond acceptors (Lipinski definition) is 7. The lowest BCUT2D eigenvalue weighted by Gasteiger charge is -2.28. The number of piperazine rings is 1. The Balaban J connectivity index is 0.00000155. The SMILES string of the molecule is CC.CC.CCn1nccc1-c1ccc(CNC(=O)C2CC(O)CN2C(=O)C(C)C(C)C)c(OCCN2CCNCC2)c1. The van der Waals surface area contributed by atoms with Gasteiger partial charge >= 0.3 is 0 Å². The molecule has 2 fully saturated rings. The van der Waals surface area contributed by atoms with Crippen LogP contribution in [-0.2, 0) is 22.7 Å². The number of aliphatic hydroxyl groups excluding tert-OH is 1. The van der Waals surface area contributed by atoms with Crippen LogP contribution in [0.5, 0.6) is 5.75 Å². The van der Waals surface area contributed by atoms with E-state index in [2.05, 4.69) is 27.6 Å². The van der Waals surface area contributed by atoms with Crippen LogP contribution >= 0.6 is 0 Å². The lowest BCUT2D eigenvalue weighted by atomic mass is 9.96. The molecule has 0 aliphatic carbocycles. The quantitative estimate of drug-likeness (QED) is 0.360. The minimum atomic E-state index is -0.698. The fourth-order valence-electron chi connectivity index (χ4n) is 5.20. The Morgan fingerprint density at radius 1 is 1.12 bits per heavy atom. The molecule has 1 aromatic heterocycles. The Morgan fingerprint density at radius 3 is 2.47 bits per heavy atom. The van der Waals surface area contributed by atoms with Crippen LogP contribution in [0.1, 0.15) is 67.4 Å². The lowest BCUT2D eigenvalue weighted by Crippen LogP contribution is -2.48. The number of nitrogens with zero attached hydrogens (tertiary/aromatic N) is 4. The number of rotatable bonds is 11. The first kappa shape index (κ1) is 36.2. The summed E-state index contributed by atoms with van der Waals surface area (Å²) in [4.78, 5) is 30.2. The highest BCUT2D eigenvalue weighted by Gasteiger charge is 2.40. The molecule has 2 amide bonds. The third-order valence-corrected chi connectivity index (χ3v) is 7.96. The van der Waals surface area contributed by atoms with Crippen LogP contribution < -0.4 is 15.4 Å². The predicted octanol–water partition coefficient (Wildman–Crippen LogP) is 3.78. The first-order valence-corrected chi connectivity index (χ1v) is 16.3. The molecule has 3 N–H and O–H groups in total. The summed E-state index contributed by atoms with van der Waals surface area (Å²) in [6.45, 7) is 22.5. The van der Waals surface area contributed by atoms with Gasteiger partial charge in [-0.3, -0.25) is 19.2 Å². The molecule has 4 rings (SSSR count). The fraction of sp³-hybridized carbons (Fsp3) is 0.667. The number of likely N-dealkylation sites (tertiary alicyclic amines) is 1. The molecule has 2 aromatic rings. The van der Waals surface area contributed by atoms with E-state index in [4.69, 9.17) is 4.74 Å². The van der Waals surface area contributed by atoms with E-state index in [9.17, 15) is 14.7 Å². The van der Waals surface area contributed by atoms with Gasteiger partial charge in [0.2, 0.25) is 11.8 Å². The van der Waals surface area contributed by atoms with Crippen LogP contribution in [0.2, 0.25) is 0 Å². The fourth-order valence-corrected chi connectivity index (χ4v) is 5.20. The highest BCUT2D eigenvalue weighted by molar-refractivity contribution is 5.89. The van der Waals surface area contributed by atoms with Crippen LogP contribution in [-0.4, -0.2) is 94.5 Å². The molecule has 0 spiro atoms. The average Bonchev–Trinajstić information content (AvgIpc) is 3.68. The van der Waals surface area contributed by atoms with Gasteiger partial charge in [-0.2, -0.15) is 5.10 Å². The number of aryl methyl sites for hydroxylation is 1. The molecule has 10 nitrogen and oxygen atoms in total. The van der Waals surface area contributed by atoms with E-state index < -0.39 is 12.1 Å². The van der Waals surface area contributed by atoms with E-state index in [1.165, 1.54) is 0 Å². The van der Waals surface area contributed by atoms with E-state index in [1.807, 2.05) is 77.4 Å². The van der Waals surface area contributed by atoms with Crippen LogP contribution in [0, 0.1) is 11.8 Å². The van der Waals surface area contributed by atoms with Crippen molar-refractivity contribution in [3.05, 3.63) is 36.0 Å². The highest BCUT2D eigenvalue weighted by Crippen LogP contribution is 2.28. The predicted molar refractivity (Wildman–Crippen MR) is 173 cm³/mol. The summed E-state index contributed by atoms with van der Waals surface area (Å²) in [5.74, 6) is 0.318. The van der Waals surface area contributed by atoms with Gasteiger partial charge in [0.25, 0.3) is 0 Å². The van der Waals surface area contributed by atoms with Gasteiger partial charge in [0.15, 0.2) is 0 Å². The van der Waals surface area contributed by atoms with E-state index in [-0.39, 0.29) is 43.2 Å². The first-order valence-electron chi connectivity index (χ1n) is 16.3. The average molecular weight is 601 g/mol. The van der Waals surface area contributed by atoms with Crippen molar-refractivity contribution in [1.82, 2.24) is 30.2 Å². The molecule has 43 heavy (non-hydrogen) atoms.